The largest absolute Gasteiger partial charge is 0.368 e. The van der Waals surface area contributed by atoms with E-state index in [1.807, 2.05) is 0 Å². The summed E-state index contributed by atoms with van der Waals surface area (Å²) in [7, 11) is 0. The van der Waals surface area contributed by atoms with Gasteiger partial charge in [-0.15, -0.1) is 6.58 Å². The minimum atomic E-state index is -0.255. The van der Waals surface area contributed by atoms with Gasteiger partial charge in [-0.3, -0.25) is 9.59 Å². The molecular formula is C17H22FN3O2. The van der Waals surface area contributed by atoms with Crippen LogP contribution in [0, 0.1) is 5.82 Å². The van der Waals surface area contributed by atoms with Crippen molar-refractivity contribution in [2.24, 2.45) is 0 Å². The van der Waals surface area contributed by atoms with Crippen molar-refractivity contribution in [3.8, 4) is 0 Å². The highest BCUT2D eigenvalue weighted by Gasteiger charge is 2.23. The summed E-state index contributed by atoms with van der Waals surface area (Å²) >= 11 is 0. The minimum absolute atomic E-state index is 0.0548. The van der Waals surface area contributed by atoms with Crippen molar-refractivity contribution in [2.45, 2.75) is 6.92 Å². The maximum absolute atomic E-state index is 13.0. The molecular weight excluding hydrogens is 297 g/mol. The zero-order chi connectivity index (χ0) is 16.8. The zero-order valence-corrected chi connectivity index (χ0v) is 13.4. The Morgan fingerprint density at radius 2 is 1.83 bits per heavy atom. The monoisotopic (exact) mass is 319 g/mol. The third-order valence-corrected chi connectivity index (χ3v) is 3.95. The van der Waals surface area contributed by atoms with Crippen LogP contribution in [0.4, 0.5) is 10.1 Å². The Balaban J connectivity index is 1.88. The topological polar surface area (TPSA) is 43.9 Å². The zero-order valence-electron chi connectivity index (χ0n) is 13.4. The number of amides is 2. The van der Waals surface area contributed by atoms with Gasteiger partial charge in [-0.1, -0.05) is 6.08 Å². The predicted molar refractivity (Wildman–Crippen MR) is 87.6 cm³/mol. The smallest absolute Gasteiger partial charge is 0.242 e. The number of benzene rings is 1. The van der Waals surface area contributed by atoms with Gasteiger partial charge >= 0.3 is 0 Å². The Morgan fingerprint density at radius 1 is 1.22 bits per heavy atom. The van der Waals surface area contributed by atoms with Crippen LogP contribution in [-0.4, -0.2) is 60.9 Å². The Kier molecular flexibility index (Phi) is 5.73. The fourth-order valence-electron chi connectivity index (χ4n) is 2.59. The van der Waals surface area contributed by atoms with E-state index in [1.165, 1.54) is 24.0 Å². The number of nitrogens with zero attached hydrogens (tertiary/aromatic N) is 3. The molecule has 0 N–H and O–H groups in total. The predicted octanol–water partition coefficient (Wildman–Crippen LogP) is 1.51. The Bertz CT molecular complexity index is 566. The van der Waals surface area contributed by atoms with Gasteiger partial charge in [0.15, 0.2) is 0 Å². The lowest BCUT2D eigenvalue weighted by Crippen LogP contribution is -2.51. The maximum atomic E-state index is 13.0. The number of hydrogen-bond donors (Lipinski definition) is 0. The van der Waals surface area contributed by atoms with Gasteiger partial charge in [0.1, 0.15) is 12.4 Å². The Morgan fingerprint density at radius 3 is 2.35 bits per heavy atom. The first-order chi connectivity index (χ1) is 11.0. The molecule has 0 radical (unpaired) electrons. The molecule has 2 amide bonds. The van der Waals surface area contributed by atoms with Crippen LogP contribution >= 0.6 is 0 Å². The molecule has 1 saturated heterocycles. The van der Waals surface area contributed by atoms with Crippen LogP contribution in [0.2, 0.25) is 0 Å². The molecule has 6 heteroatoms. The normalized spacial score (nSPS) is 14.5. The van der Waals surface area contributed by atoms with Crippen LogP contribution in [0.1, 0.15) is 6.92 Å². The average Bonchev–Trinajstić information content (AvgIpc) is 2.55. The summed E-state index contributed by atoms with van der Waals surface area (Å²) < 4.78 is 13.0. The van der Waals surface area contributed by atoms with Crippen molar-refractivity contribution >= 4 is 17.5 Å². The van der Waals surface area contributed by atoms with E-state index in [0.717, 1.165) is 5.69 Å². The number of piperazine rings is 1. The number of rotatable bonds is 5. The summed E-state index contributed by atoms with van der Waals surface area (Å²) in [4.78, 5) is 29.1. The van der Waals surface area contributed by atoms with E-state index in [4.69, 9.17) is 0 Å². The van der Waals surface area contributed by atoms with Gasteiger partial charge in [-0.2, -0.15) is 0 Å². The molecule has 1 heterocycles. The van der Waals surface area contributed by atoms with Crippen molar-refractivity contribution in [3.05, 3.63) is 42.7 Å². The van der Waals surface area contributed by atoms with Crippen molar-refractivity contribution < 1.29 is 14.0 Å². The third-order valence-electron chi connectivity index (χ3n) is 3.95. The van der Waals surface area contributed by atoms with E-state index in [2.05, 4.69) is 11.5 Å². The van der Waals surface area contributed by atoms with Gasteiger partial charge in [-0.25, -0.2) is 4.39 Å². The van der Waals surface area contributed by atoms with E-state index in [1.54, 1.807) is 23.1 Å². The summed E-state index contributed by atoms with van der Waals surface area (Å²) in [6.07, 6.45) is 1.61. The van der Waals surface area contributed by atoms with E-state index in [-0.39, 0.29) is 24.2 Å². The van der Waals surface area contributed by atoms with E-state index in [9.17, 15) is 14.0 Å². The van der Waals surface area contributed by atoms with Crippen LogP contribution in [0.3, 0.4) is 0 Å². The van der Waals surface area contributed by atoms with Gasteiger partial charge in [0.05, 0.1) is 0 Å². The van der Waals surface area contributed by atoms with E-state index < -0.39 is 0 Å². The highest BCUT2D eigenvalue weighted by atomic mass is 19.1. The van der Waals surface area contributed by atoms with E-state index in [0.29, 0.717) is 32.7 Å². The highest BCUT2D eigenvalue weighted by Crippen LogP contribution is 2.17. The first kappa shape index (κ1) is 17.0. The Labute approximate surface area is 136 Å². The summed E-state index contributed by atoms with van der Waals surface area (Å²) in [5.41, 5.74) is 0.954. The molecule has 1 aliphatic rings. The SMILES string of the molecule is C=CCN(CC(=O)N1CCN(c2ccc(F)cc2)CC1)C(C)=O. The highest BCUT2D eigenvalue weighted by molar-refractivity contribution is 5.84. The van der Waals surface area contributed by atoms with Crippen LogP contribution in [-0.2, 0) is 9.59 Å². The number of anilines is 1. The molecule has 1 aromatic rings. The lowest BCUT2D eigenvalue weighted by atomic mass is 10.2. The lowest BCUT2D eigenvalue weighted by Gasteiger charge is -2.37. The summed E-state index contributed by atoms with van der Waals surface area (Å²) in [5, 5.41) is 0. The first-order valence-corrected chi connectivity index (χ1v) is 7.66. The molecule has 0 aliphatic carbocycles. The summed E-state index contributed by atoms with van der Waals surface area (Å²) in [6.45, 7) is 8.07. The molecule has 0 spiro atoms. The molecule has 1 aliphatic heterocycles. The van der Waals surface area contributed by atoms with Crippen molar-refractivity contribution in [1.82, 2.24) is 9.80 Å². The second-order valence-corrected chi connectivity index (χ2v) is 5.53. The van der Waals surface area contributed by atoms with Crippen molar-refractivity contribution in [1.29, 1.82) is 0 Å². The van der Waals surface area contributed by atoms with Crippen LogP contribution in [0.5, 0.6) is 0 Å². The van der Waals surface area contributed by atoms with E-state index >= 15 is 0 Å². The number of hydrogen-bond acceptors (Lipinski definition) is 3. The van der Waals surface area contributed by atoms with Gasteiger partial charge in [0, 0.05) is 45.3 Å². The van der Waals surface area contributed by atoms with Crippen molar-refractivity contribution in [2.75, 3.05) is 44.2 Å². The number of halogens is 1. The second kappa shape index (κ2) is 7.76. The number of carbonyl (C=O) groups excluding carboxylic acids is 2. The molecule has 2 rings (SSSR count). The maximum Gasteiger partial charge on any atom is 0.242 e. The van der Waals surface area contributed by atoms with Gasteiger partial charge < -0.3 is 14.7 Å². The quantitative estimate of drug-likeness (QED) is 0.773. The van der Waals surface area contributed by atoms with Crippen LogP contribution < -0.4 is 4.90 Å². The average molecular weight is 319 g/mol. The second-order valence-electron chi connectivity index (χ2n) is 5.53. The van der Waals surface area contributed by atoms with Crippen molar-refractivity contribution in [3.63, 3.8) is 0 Å². The summed E-state index contributed by atoms with van der Waals surface area (Å²) in [6, 6.07) is 6.36. The fourth-order valence-corrected chi connectivity index (χ4v) is 2.59. The summed E-state index contributed by atoms with van der Waals surface area (Å²) in [5.74, 6) is -0.446. The Hall–Kier alpha value is -2.37. The number of carbonyl (C=O) groups is 2. The first-order valence-electron chi connectivity index (χ1n) is 7.66. The fraction of sp³-hybridized carbons (Fsp3) is 0.412. The van der Waals surface area contributed by atoms with Gasteiger partial charge in [-0.05, 0) is 24.3 Å². The molecule has 0 bridgehead atoms. The molecule has 0 atom stereocenters. The molecule has 0 aromatic heterocycles. The van der Waals surface area contributed by atoms with Gasteiger partial charge in [0.2, 0.25) is 11.8 Å². The molecule has 5 nitrogen and oxygen atoms in total. The standard InChI is InChI=1S/C17H22FN3O2/c1-3-8-21(14(2)22)13-17(23)20-11-9-19(10-12-20)16-6-4-15(18)5-7-16/h3-7H,1,8-13H2,2H3. The molecule has 1 fully saturated rings. The van der Waals surface area contributed by atoms with Crippen LogP contribution in [0.25, 0.3) is 0 Å². The third kappa shape index (κ3) is 4.55. The lowest BCUT2D eigenvalue weighted by molar-refractivity contribution is -0.139. The molecule has 0 saturated carbocycles. The van der Waals surface area contributed by atoms with Gasteiger partial charge in [0.25, 0.3) is 0 Å². The van der Waals surface area contributed by atoms with Crippen LogP contribution in [0.15, 0.2) is 36.9 Å². The molecule has 1 aromatic carbocycles. The minimum Gasteiger partial charge on any atom is -0.368 e. The molecule has 23 heavy (non-hydrogen) atoms. The molecule has 124 valence electrons. The molecule has 0 unspecified atom stereocenters.